The van der Waals surface area contributed by atoms with Crippen LogP contribution >= 0.6 is 0 Å². The van der Waals surface area contributed by atoms with Gasteiger partial charge in [-0.05, 0) is 43.7 Å². The van der Waals surface area contributed by atoms with Gasteiger partial charge in [0.1, 0.15) is 5.82 Å². The Morgan fingerprint density at radius 2 is 1.90 bits per heavy atom. The SMILES string of the molecule is Cc1nccn1CCC1CCN(C(=O)c2ccccc2CN2CCOCC2)CC1. The lowest BCUT2D eigenvalue weighted by atomic mass is 9.92. The highest BCUT2D eigenvalue weighted by Gasteiger charge is 2.25. The number of piperidine rings is 1. The van der Waals surface area contributed by atoms with Crippen LogP contribution in [0.15, 0.2) is 36.7 Å². The Bertz CT molecular complexity index is 805. The summed E-state index contributed by atoms with van der Waals surface area (Å²) in [4.78, 5) is 22.0. The molecule has 1 aromatic heterocycles. The fraction of sp³-hybridized carbons (Fsp3) is 0.565. The monoisotopic (exact) mass is 396 g/mol. The van der Waals surface area contributed by atoms with E-state index < -0.39 is 0 Å². The normalized spacial score (nSPS) is 18.9. The predicted octanol–water partition coefficient (Wildman–Crippen LogP) is 2.97. The number of likely N-dealkylation sites (tertiary alicyclic amines) is 1. The molecule has 29 heavy (non-hydrogen) atoms. The topological polar surface area (TPSA) is 50.6 Å². The first-order chi connectivity index (χ1) is 14.2. The highest BCUT2D eigenvalue weighted by atomic mass is 16.5. The molecule has 1 aromatic carbocycles. The van der Waals surface area contributed by atoms with Gasteiger partial charge in [0.05, 0.1) is 13.2 Å². The zero-order chi connectivity index (χ0) is 20.1. The van der Waals surface area contributed by atoms with Gasteiger partial charge in [0, 0.05) is 57.2 Å². The zero-order valence-corrected chi connectivity index (χ0v) is 17.4. The molecule has 0 unspecified atom stereocenters. The average Bonchev–Trinajstić information content (AvgIpc) is 3.18. The summed E-state index contributed by atoms with van der Waals surface area (Å²) < 4.78 is 7.67. The molecule has 6 heteroatoms. The van der Waals surface area contributed by atoms with Crippen LogP contribution < -0.4 is 0 Å². The third-order valence-corrected chi connectivity index (χ3v) is 6.35. The Hall–Kier alpha value is -2.18. The van der Waals surface area contributed by atoms with Crippen molar-refractivity contribution in [2.45, 2.75) is 39.3 Å². The lowest BCUT2D eigenvalue weighted by Gasteiger charge is -2.33. The number of imidazole rings is 1. The number of morpholine rings is 1. The first kappa shape index (κ1) is 20.1. The van der Waals surface area contributed by atoms with Crippen molar-refractivity contribution < 1.29 is 9.53 Å². The maximum absolute atomic E-state index is 13.2. The highest BCUT2D eigenvalue weighted by Crippen LogP contribution is 2.24. The van der Waals surface area contributed by atoms with Crippen LogP contribution in [-0.2, 0) is 17.8 Å². The Morgan fingerprint density at radius 3 is 2.62 bits per heavy atom. The minimum Gasteiger partial charge on any atom is -0.379 e. The molecule has 2 aromatic rings. The minimum absolute atomic E-state index is 0.192. The van der Waals surface area contributed by atoms with Crippen molar-refractivity contribution >= 4 is 5.91 Å². The average molecular weight is 397 g/mol. The molecule has 0 saturated carbocycles. The molecule has 2 fully saturated rings. The largest absolute Gasteiger partial charge is 0.379 e. The van der Waals surface area contributed by atoms with Gasteiger partial charge < -0.3 is 14.2 Å². The number of amides is 1. The van der Waals surface area contributed by atoms with Crippen LogP contribution in [0.4, 0.5) is 0 Å². The van der Waals surface area contributed by atoms with E-state index >= 15 is 0 Å². The van der Waals surface area contributed by atoms with Gasteiger partial charge in [-0.2, -0.15) is 0 Å². The quantitative estimate of drug-likeness (QED) is 0.753. The summed E-state index contributed by atoms with van der Waals surface area (Å²) in [5.41, 5.74) is 2.00. The Morgan fingerprint density at radius 1 is 1.14 bits per heavy atom. The molecule has 0 radical (unpaired) electrons. The van der Waals surface area contributed by atoms with E-state index in [1.807, 2.05) is 24.4 Å². The molecular formula is C23H32N4O2. The number of hydrogen-bond acceptors (Lipinski definition) is 4. The van der Waals surface area contributed by atoms with E-state index in [0.717, 1.165) is 88.7 Å². The van der Waals surface area contributed by atoms with Gasteiger partial charge in [0.2, 0.25) is 0 Å². The standard InChI is InChI=1S/C23H32N4O2/c1-19-24-9-13-26(19)10-6-20-7-11-27(12-8-20)23(28)22-5-3-2-4-21(22)18-25-14-16-29-17-15-25/h2-5,9,13,20H,6-8,10-12,14-18H2,1H3. The van der Waals surface area contributed by atoms with E-state index in [9.17, 15) is 4.79 Å². The fourth-order valence-corrected chi connectivity index (χ4v) is 4.42. The van der Waals surface area contributed by atoms with Crippen LogP contribution in [0.5, 0.6) is 0 Å². The van der Waals surface area contributed by atoms with Crippen LogP contribution in [0.25, 0.3) is 0 Å². The number of benzene rings is 1. The number of rotatable bonds is 6. The van der Waals surface area contributed by atoms with Crippen molar-refractivity contribution in [3.8, 4) is 0 Å². The third kappa shape index (κ3) is 5.06. The molecule has 0 aliphatic carbocycles. The van der Waals surface area contributed by atoms with Gasteiger partial charge in [-0.15, -0.1) is 0 Å². The van der Waals surface area contributed by atoms with E-state index in [-0.39, 0.29) is 5.91 Å². The van der Waals surface area contributed by atoms with Gasteiger partial charge in [-0.25, -0.2) is 4.98 Å². The summed E-state index contributed by atoms with van der Waals surface area (Å²) >= 11 is 0. The van der Waals surface area contributed by atoms with Crippen molar-refractivity contribution in [3.63, 3.8) is 0 Å². The summed E-state index contributed by atoms with van der Waals surface area (Å²) in [6.45, 7) is 9.05. The van der Waals surface area contributed by atoms with E-state index in [1.165, 1.54) is 0 Å². The lowest BCUT2D eigenvalue weighted by Crippen LogP contribution is -2.40. The van der Waals surface area contributed by atoms with Gasteiger partial charge in [-0.1, -0.05) is 18.2 Å². The van der Waals surface area contributed by atoms with Crippen LogP contribution in [0.1, 0.15) is 41.0 Å². The van der Waals surface area contributed by atoms with Gasteiger partial charge in [0.25, 0.3) is 5.91 Å². The molecule has 0 atom stereocenters. The number of aromatic nitrogens is 2. The molecular weight excluding hydrogens is 364 g/mol. The summed E-state index contributed by atoms with van der Waals surface area (Å²) in [6.07, 6.45) is 7.26. The Balaban J connectivity index is 1.32. The van der Waals surface area contributed by atoms with E-state index in [1.54, 1.807) is 0 Å². The van der Waals surface area contributed by atoms with Gasteiger partial charge in [-0.3, -0.25) is 9.69 Å². The van der Waals surface area contributed by atoms with Crippen molar-refractivity contribution in [3.05, 3.63) is 53.6 Å². The molecule has 2 saturated heterocycles. The molecule has 2 aliphatic rings. The maximum Gasteiger partial charge on any atom is 0.254 e. The van der Waals surface area contributed by atoms with Gasteiger partial charge in [0.15, 0.2) is 0 Å². The number of carbonyl (C=O) groups is 1. The molecule has 3 heterocycles. The second-order valence-electron chi connectivity index (χ2n) is 8.24. The number of nitrogens with zero attached hydrogens (tertiary/aromatic N) is 4. The van der Waals surface area contributed by atoms with Crippen LogP contribution in [-0.4, -0.2) is 64.7 Å². The number of carbonyl (C=O) groups excluding carboxylic acids is 1. The number of hydrogen-bond donors (Lipinski definition) is 0. The number of ether oxygens (including phenoxy) is 1. The first-order valence-corrected chi connectivity index (χ1v) is 10.9. The lowest BCUT2D eigenvalue weighted by molar-refractivity contribution is 0.0339. The fourth-order valence-electron chi connectivity index (χ4n) is 4.42. The summed E-state index contributed by atoms with van der Waals surface area (Å²) in [5, 5.41) is 0. The molecule has 0 N–H and O–H groups in total. The van der Waals surface area contributed by atoms with Crippen molar-refractivity contribution in [1.29, 1.82) is 0 Å². The zero-order valence-electron chi connectivity index (χ0n) is 17.4. The highest BCUT2D eigenvalue weighted by molar-refractivity contribution is 5.95. The maximum atomic E-state index is 13.2. The van der Waals surface area contributed by atoms with E-state index in [0.29, 0.717) is 5.92 Å². The summed E-state index contributed by atoms with van der Waals surface area (Å²) in [7, 11) is 0. The van der Waals surface area contributed by atoms with Crippen molar-refractivity contribution in [1.82, 2.24) is 19.4 Å². The molecule has 6 nitrogen and oxygen atoms in total. The molecule has 0 spiro atoms. The summed E-state index contributed by atoms with van der Waals surface area (Å²) in [5.74, 6) is 1.96. The van der Waals surface area contributed by atoms with E-state index in [2.05, 4.69) is 38.5 Å². The minimum atomic E-state index is 0.192. The first-order valence-electron chi connectivity index (χ1n) is 10.9. The molecule has 0 bridgehead atoms. The molecule has 1 amide bonds. The predicted molar refractivity (Wildman–Crippen MR) is 113 cm³/mol. The van der Waals surface area contributed by atoms with Crippen LogP contribution in [0.2, 0.25) is 0 Å². The Labute approximate surface area is 173 Å². The van der Waals surface area contributed by atoms with E-state index in [4.69, 9.17) is 4.74 Å². The number of aryl methyl sites for hydroxylation is 2. The van der Waals surface area contributed by atoms with Crippen molar-refractivity contribution in [2.75, 3.05) is 39.4 Å². The molecule has 4 rings (SSSR count). The second-order valence-corrected chi connectivity index (χ2v) is 8.24. The van der Waals surface area contributed by atoms with Gasteiger partial charge >= 0.3 is 0 Å². The smallest absolute Gasteiger partial charge is 0.254 e. The second kappa shape index (κ2) is 9.55. The Kier molecular flexibility index (Phi) is 6.62. The third-order valence-electron chi connectivity index (χ3n) is 6.35. The molecule has 156 valence electrons. The van der Waals surface area contributed by atoms with Crippen molar-refractivity contribution in [2.24, 2.45) is 5.92 Å². The van der Waals surface area contributed by atoms with Crippen LogP contribution in [0.3, 0.4) is 0 Å². The molecule has 2 aliphatic heterocycles. The van der Waals surface area contributed by atoms with Crippen LogP contribution in [0, 0.1) is 12.8 Å². The summed E-state index contributed by atoms with van der Waals surface area (Å²) in [6, 6.07) is 8.11.